The third-order valence-electron chi connectivity index (χ3n) is 3.68. The Hall–Kier alpha value is -1.66. The monoisotopic (exact) mass is 318 g/mol. The van der Waals surface area contributed by atoms with Crippen LogP contribution in [0.2, 0.25) is 5.02 Å². The molecule has 0 N–H and O–H groups in total. The third kappa shape index (κ3) is 4.68. The number of nitrogens with zero attached hydrogens (tertiary/aromatic N) is 2. The van der Waals surface area contributed by atoms with E-state index in [-0.39, 0.29) is 11.8 Å². The van der Waals surface area contributed by atoms with E-state index < -0.39 is 5.92 Å². The Balaban J connectivity index is 3.37. The van der Waals surface area contributed by atoms with Crippen molar-refractivity contribution in [1.29, 1.82) is 5.26 Å². The molecule has 0 aliphatic heterocycles. The van der Waals surface area contributed by atoms with Gasteiger partial charge in [-0.1, -0.05) is 50.6 Å². The summed E-state index contributed by atoms with van der Waals surface area (Å²) in [4.78, 5) is 17.0. The first kappa shape index (κ1) is 18.4. The van der Waals surface area contributed by atoms with Gasteiger partial charge in [0.05, 0.1) is 11.8 Å². The Morgan fingerprint density at radius 3 is 2.45 bits per heavy atom. The van der Waals surface area contributed by atoms with Gasteiger partial charge >= 0.3 is 0 Å². The minimum Gasteiger partial charge on any atom is -0.298 e. The van der Waals surface area contributed by atoms with Crippen molar-refractivity contribution in [2.24, 2.45) is 16.8 Å². The molecule has 0 aromatic heterocycles. The second-order valence-corrected chi connectivity index (χ2v) is 6.16. The minimum atomic E-state index is -0.860. The molecule has 118 valence electrons. The third-order valence-corrected chi connectivity index (χ3v) is 4.01. The van der Waals surface area contributed by atoms with Crippen LogP contribution in [0.25, 0.3) is 0 Å². The predicted octanol–water partition coefficient (Wildman–Crippen LogP) is 4.68. The summed E-state index contributed by atoms with van der Waals surface area (Å²) in [5.41, 5.74) is 1.17. The molecule has 0 spiro atoms. The number of carbonyl (C=O) groups is 1. The largest absolute Gasteiger partial charge is 0.298 e. The van der Waals surface area contributed by atoms with Crippen molar-refractivity contribution in [2.75, 3.05) is 0 Å². The molecule has 0 saturated carbocycles. The van der Waals surface area contributed by atoms with Crippen LogP contribution in [-0.4, -0.2) is 17.5 Å². The second kappa shape index (κ2) is 8.70. The fraction of sp³-hybridized carbons (Fsp3) is 0.500. The molecular weight excluding hydrogens is 296 g/mol. The molecule has 0 aliphatic rings. The lowest BCUT2D eigenvalue weighted by atomic mass is 9.91. The van der Waals surface area contributed by atoms with E-state index in [9.17, 15) is 10.1 Å². The second-order valence-electron chi connectivity index (χ2n) is 5.76. The first-order chi connectivity index (χ1) is 10.4. The van der Waals surface area contributed by atoms with Crippen molar-refractivity contribution < 1.29 is 4.79 Å². The number of aliphatic imine (C=N–C) groups is 1. The van der Waals surface area contributed by atoms with E-state index in [2.05, 4.69) is 24.9 Å². The van der Waals surface area contributed by atoms with Gasteiger partial charge in [-0.05, 0) is 25.3 Å². The molecule has 1 aromatic rings. The van der Waals surface area contributed by atoms with Crippen LogP contribution in [0.5, 0.6) is 0 Å². The zero-order valence-corrected chi connectivity index (χ0v) is 14.4. The van der Waals surface area contributed by atoms with Crippen LogP contribution in [0, 0.1) is 23.2 Å². The normalized spacial score (nSPS) is 14.5. The highest BCUT2D eigenvalue weighted by atomic mass is 35.5. The standard InChI is InChI=1S/C18H23ClN2O/c1-5-8-17(22)15(11-20)18(21-13(4)12(2)3)14-9-6-7-10-16(14)19/h6-7,9-10,12-13,15H,5,8H2,1-4H3. The first-order valence-corrected chi connectivity index (χ1v) is 8.05. The summed E-state index contributed by atoms with van der Waals surface area (Å²) in [6, 6.07) is 9.37. The van der Waals surface area contributed by atoms with Gasteiger partial charge in [-0.25, -0.2) is 0 Å². The van der Waals surface area contributed by atoms with Crippen LogP contribution >= 0.6 is 11.6 Å². The molecule has 4 heteroatoms. The van der Waals surface area contributed by atoms with Crippen LogP contribution in [0.4, 0.5) is 0 Å². The van der Waals surface area contributed by atoms with E-state index >= 15 is 0 Å². The Labute approximate surface area is 138 Å². The maximum Gasteiger partial charge on any atom is 0.156 e. The van der Waals surface area contributed by atoms with Gasteiger partial charge in [0, 0.05) is 23.0 Å². The van der Waals surface area contributed by atoms with Gasteiger partial charge in [0.1, 0.15) is 5.92 Å². The summed E-state index contributed by atoms with van der Waals surface area (Å²) >= 11 is 6.26. The summed E-state index contributed by atoms with van der Waals surface area (Å²) in [6.45, 7) is 8.04. The number of benzene rings is 1. The summed E-state index contributed by atoms with van der Waals surface area (Å²) in [7, 11) is 0. The Bertz CT molecular complexity index is 587. The number of Topliss-reactive ketones (excluding diaryl/α,β-unsaturated/α-hetero) is 1. The van der Waals surface area contributed by atoms with E-state index in [1.807, 2.05) is 32.0 Å². The molecule has 2 unspecified atom stereocenters. The fourth-order valence-corrected chi connectivity index (χ4v) is 2.25. The van der Waals surface area contributed by atoms with Crippen LogP contribution in [0.3, 0.4) is 0 Å². The molecule has 0 bridgehead atoms. The molecule has 3 nitrogen and oxygen atoms in total. The average Bonchev–Trinajstić information content (AvgIpc) is 2.47. The molecular formula is C18H23ClN2O. The van der Waals surface area contributed by atoms with E-state index in [0.717, 1.165) is 0 Å². The van der Waals surface area contributed by atoms with Gasteiger partial charge in [-0.2, -0.15) is 5.26 Å². The number of carbonyl (C=O) groups excluding carboxylic acids is 1. The molecule has 1 rings (SSSR count). The van der Waals surface area contributed by atoms with Crippen LogP contribution in [0.15, 0.2) is 29.3 Å². The van der Waals surface area contributed by atoms with Gasteiger partial charge < -0.3 is 0 Å². The van der Waals surface area contributed by atoms with Crippen molar-refractivity contribution in [3.05, 3.63) is 34.9 Å². The zero-order chi connectivity index (χ0) is 16.7. The van der Waals surface area contributed by atoms with E-state index in [4.69, 9.17) is 11.6 Å². The SMILES string of the molecule is CCCC(=O)C(C#N)C(=NC(C)C(C)C)c1ccccc1Cl. The first-order valence-electron chi connectivity index (χ1n) is 7.67. The molecule has 1 aromatic carbocycles. The van der Waals surface area contributed by atoms with Gasteiger partial charge in [-0.3, -0.25) is 9.79 Å². The number of halogens is 1. The molecule has 0 fully saturated rings. The van der Waals surface area contributed by atoms with Gasteiger partial charge in [0.15, 0.2) is 5.78 Å². The molecule has 0 aliphatic carbocycles. The van der Waals surface area contributed by atoms with Gasteiger partial charge in [0.2, 0.25) is 0 Å². The summed E-state index contributed by atoms with van der Waals surface area (Å²) in [6.07, 6.45) is 1.09. The van der Waals surface area contributed by atoms with Gasteiger partial charge in [0.25, 0.3) is 0 Å². The van der Waals surface area contributed by atoms with Gasteiger partial charge in [-0.15, -0.1) is 0 Å². The summed E-state index contributed by atoms with van der Waals surface area (Å²) in [5, 5.41) is 10.0. The lowest BCUT2D eigenvalue weighted by Gasteiger charge is -2.18. The zero-order valence-electron chi connectivity index (χ0n) is 13.6. The summed E-state index contributed by atoms with van der Waals surface area (Å²) < 4.78 is 0. The Morgan fingerprint density at radius 2 is 1.95 bits per heavy atom. The quantitative estimate of drug-likeness (QED) is 0.685. The van der Waals surface area contributed by atoms with E-state index in [1.165, 1.54) is 0 Å². The maximum absolute atomic E-state index is 12.3. The Kier molecular flexibility index (Phi) is 7.27. The highest BCUT2D eigenvalue weighted by molar-refractivity contribution is 6.35. The van der Waals surface area contributed by atoms with Crippen molar-refractivity contribution in [3.63, 3.8) is 0 Å². The number of nitriles is 1. The highest BCUT2D eigenvalue weighted by Gasteiger charge is 2.26. The maximum atomic E-state index is 12.3. The average molecular weight is 319 g/mol. The number of hydrogen-bond acceptors (Lipinski definition) is 3. The Morgan fingerprint density at radius 1 is 1.32 bits per heavy atom. The van der Waals surface area contributed by atoms with Crippen molar-refractivity contribution in [1.82, 2.24) is 0 Å². The molecule has 0 radical (unpaired) electrons. The molecule has 0 heterocycles. The van der Waals surface area contributed by atoms with Crippen LogP contribution < -0.4 is 0 Å². The van der Waals surface area contributed by atoms with E-state index in [1.54, 1.807) is 6.07 Å². The lowest BCUT2D eigenvalue weighted by Crippen LogP contribution is -2.26. The fourth-order valence-electron chi connectivity index (χ4n) is 2.01. The number of hydrogen-bond donors (Lipinski definition) is 0. The van der Waals surface area contributed by atoms with Crippen LogP contribution in [-0.2, 0) is 4.79 Å². The molecule has 2 atom stereocenters. The summed E-state index contributed by atoms with van der Waals surface area (Å²) in [5.74, 6) is -0.640. The highest BCUT2D eigenvalue weighted by Crippen LogP contribution is 2.23. The lowest BCUT2D eigenvalue weighted by molar-refractivity contribution is -0.119. The van der Waals surface area contributed by atoms with E-state index in [0.29, 0.717) is 35.1 Å². The van der Waals surface area contributed by atoms with Crippen molar-refractivity contribution >= 4 is 23.1 Å². The number of ketones is 1. The van der Waals surface area contributed by atoms with Crippen LogP contribution in [0.1, 0.15) is 46.1 Å². The smallest absolute Gasteiger partial charge is 0.156 e. The van der Waals surface area contributed by atoms with Crippen molar-refractivity contribution in [2.45, 2.75) is 46.6 Å². The predicted molar refractivity (Wildman–Crippen MR) is 91.3 cm³/mol. The minimum absolute atomic E-state index is 0.0107. The molecule has 22 heavy (non-hydrogen) atoms. The topological polar surface area (TPSA) is 53.2 Å². The molecule has 0 saturated heterocycles. The molecule has 0 amide bonds. The van der Waals surface area contributed by atoms with Crippen molar-refractivity contribution in [3.8, 4) is 6.07 Å². The number of rotatable bonds is 7.